The number of carbonyl (C=O) groups is 2. The van der Waals surface area contributed by atoms with Crippen LogP contribution in [0.4, 0.5) is 4.39 Å². The number of hydrogen-bond donors (Lipinski definition) is 3. The maximum atomic E-state index is 13.4. The summed E-state index contributed by atoms with van der Waals surface area (Å²) >= 11 is 0. The van der Waals surface area contributed by atoms with Crippen molar-refractivity contribution in [3.05, 3.63) is 35.3 Å². The lowest BCUT2D eigenvalue weighted by Crippen LogP contribution is -2.49. The van der Waals surface area contributed by atoms with Gasteiger partial charge in [-0.25, -0.2) is 4.39 Å². The average molecular weight is 320 g/mol. The fraction of sp³-hybridized carbons (Fsp3) is 0.412. The van der Waals surface area contributed by atoms with Gasteiger partial charge in [0.25, 0.3) is 5.91 Å². The summed E-state index contributed by atoms with van der Waals surface area (Å²) in [5, 5.41) is 12.7. The maximum absolute atomic E-state index is 13.4. The Bertz CT molecular complexity index is 748. The Hall–Kier alpha value is -2.37. The molecule has 124 valence electrons. The molecule has 1 aromatic carbocycles. The molecule has 0 spiro atoms. The van der Waals surface area contributed by atoms with E-state index in [-0.39, 0.29) is 18.1 Å². The third kappa shape index (κ3) is 3.52. The summed E-state index contributed by atoms with van der Waals surface area (Å²) in [5.74, 6) is -1.71. The summed E-state index contributed by atoms with van der Waals surface area (Å²) in [6.45, 7) is 5.46. The van der Waals surface area contributed by atoms with Gasteiger partial charge in [-0.3, -0.25) is 9.59 Å². The van der Waals surface area contributed by atoms with Crippen molar-refractivity contribution in [3.63, 3.8) is 0 Å². The Morgan fingerprint density at radius 2 is 1.91 bits per heavy atom. The highest BCUT2D eigenvalue weighted by molar-refractivity contribution is 5.99. The molecule has 0 aliphatic heterocycles. The van der Waals surface area contributed by atoms with E-state index in [4.69, 9.17) is 5.11 Å². The highest BCUT2D eigenvalue weighted by Gasteiger charge is 2.31. The number of nitrogens with one attached hydrogen (secondary N) is 2. The molecule has 0 atom stereocenters. The molecule has 3 N–H and O–H groups in total. The summed E-state index contributed by atoms with van der Waals surface area (Å²) in [5.41, 5.74) is 0.786. The Morgan fingerprint density at radius 3 is 2.48 bits per heavy atom. The third-order valence-corrected chi connectivity index (χ3v) is 4.38. The minimum absolute atomic E-state index is 0.139. The number of amides is 1. The van der Waals surface area contributed by atoms with Crippen molar-refractivity contribution in [2.75, 3.05) is 0 Å². The number of H-pyrrole nitrogens is 1. The van der Waals surface area contributed by atoms with Crippen molar-refractivity contribution in [1.29, 1.82) is 0 Å². The molecule has 0 saturated heterocycles. The van der Waals surface area contributed by atoms with Gasteiger partial charge in [-0.05, 0) is 43.5 Å². The molecule has 2 rings (SSSR count). The predicted octanol–water partition coefficient (Wildman–Crippen LogP) is 3.38. The summed E-state index contributed by atoms with van der Waals surface area (Å²) in [7, 11) is 0. The van der Waals surface area contributed by atoms with Crippen LogP contribution in [0.3, 0.4) is 0 Å². The normalized spacial score (nSPS) is 11.7. The van der Waals surface area contributed by atoms with Crippen LogP contribution in [-0.2, 0) is 4.79 Å². The van der Waals surface area contributed by atoms with Crippen molar-refractivity contribution >= 4 is 22.8 Å². The number of fused-ring (bicyclic) bond motifs is 1. The first-order chi connectivity index (χ1) is 10.8. The molecule has 0 unspecified atom stereocenters. The van der Waals surface area contributed by atoms with Crippen LogP contribution in [0.15, 0.2) is 18.2 Å². The number of aromatic amines is 1. The molecule has 0 aliphatic carbocycles. The Morgan fingerprint density at radius 1 is 1.26 bits per heavy atom. The first-order valence-electron chi connectivity index (χ1n) is 7.63. The molecule has 2 aromatic rings. The Labute approximate surface area is 133 Å². The number of carbonyl (C=O) groups excluding carboxylic acids is 1. The van der Waals surface area contributed by atoms with Crippen LogP contribution in [-0.4, -0.2) is 27.5 Å². The summed E-state index contributed by atoms with van der Waals surface area (Å²) in [6, 6.07) is 4.41. The fourth-order valence-corrected chi connectivity index (χ4v) is 2.82. The van der Waals surface area contributed by atoms with Gasteiger partial charge >= 0.3 is 5.97 Å². The van der Waals surface area contributed by atoms with E-state index in [9.17, 15) is 14.0 Å². The standard InChI is InChI=1S/C17H21FN2O3/c1-4-17(5-2,9-15(21)22)20-16(23)14-8-12-10(3)6-11(18)7-13(12)19-14/h6-8,19H,4-5,9H2,1-3H3,(H,20,23)(H,21,22). The van der Waals surface area contributed by atoms with Crippen LogP contribution in [0.5, 0.6) is 0 Å². The SMILES string of the molecule is CCC(CC)(CC(=O)O)NC(=O)c1cc2c(C)cc(F)cc2[nH]1. The topological polar surface area (TPSA) is 82.2 Å². The van der Waals surface area contributed by atoms with E-state index in [1.54, 1.807) is 13.0 Å². The van der Waals surface area contributed by atoms with Crippen molar-refractivity contribution in [2.24, 2.45) is 0 Å². The van der Waals surface area contributed by atoms with Gasteiger partial charge in [0.05, 0.1) is 12.0 Å². The van der Waals surface area contributed by atoms with Crippen LogP contribution < -0.4 is 5.32 Å². The first-order valence-corrected chi connectivity index (χ1v) is 7.63. The Balaban J connectivity index is 2.32. The minimum atomic E-state index is -0.955. The van der Waals surface area contributed by atoms with Gasteiger partial charge < -0.3 is 15.4 Å². The van der Waals surface area contributed by atoms with Gasteiger partial charge in [-0.1, -0.05) is 13.8 Å². The van der Waals surface area contributed by atoms with Crippen LogP contribution >= 0.6 is 0 Å². The lowest BCUT2D eigenvalue weighted by atomic mass is 9.89. The zero-order valence-corrected chi connectivity index (χ0v) is 13.5. The number of rotatable bonds is 6. The quantitative estimate of drug-likeness (QED) is 0.763. The molecule has 23 heavy (non-hydrogen) atoms. The molecule has 1 aromatic heterocycles. The molecular formula is C17H21FN2O3. The van der Waals surface area contributed by atoms with E-state index in [0.29, 0.717) is 24.1 Å². The van der Waals surface area contributed by atoms with Crippen molar-refractivity contribution in [3.8, 4) is 0 Å². The lowest BCUT2D eigenvalue weighted by Gasteiger charge is -2.31. The fourth-order valence-electron chi connectivity index (χ4n) is 2.82. The molecule has 0 radical (unpaired) electrons. The van der Waals surface area contributed by atoms with Crippen LogP contribution in [0.2, 0.25) is 0 Å². The number of halogens is 1. The summed E-state index contributed by atoms with van der Waals surface area (Å²) in [6.07, 6.45) is 0.879. The minimum Gasteiger partial charge on any atom is -0.481 e. The van der Waals surface area contributed by atoms with E-state index >= 15 is 0 Å². The second-order valence-corrected chi connectivity index (χ2v) is 5.88. The monoisotopic (exact) mass is 320 g/mol. The van der Waals surface area contributed by atoms with Gasteiger partial charge in [-0.15, -0.1) is 0 Å². The average Bonchev–Trinajstić information content (AvgIpc) is 2.90. The van der Waals surface area contributed by atoms with E-state index < -0.39 is 11.5 Å². The van der Waals surface area contributed by atoms with Crippen molar-refractivity contribution in [2.45, 2.75) is 45.6 Å². The molecule has 0 aliphatic rings. The van der Waals surface area contributed by atoms with Gasteiger partial charge in [0.15, 0.2) is 0 Å². The summed E-state index contributed by atoms with van der Waals surface area (Å²) < 4.78 is 13.4. The van der Waals surface area contributed by atoms with Crippen LogP contribution in [0.1, 0.15) is 49.2 Å². The molecule has 6 heteroatoms. The number of carboxylic acids is 1. The number of aliphatic carboxylic acids is 1. The number of aromatic nitrogens is 1. The lowest BCUT2D eigenvalue weighted by molar-refractivity contribution is -0.138. The van der Waals surface area contributed by atoms with Crippen molar-refractivity contribution < 1.29 is 19.1 Å². The second-order valence-electron chi connectivity index (χ2n) is 5.88. The number of hydrogen-bond acceptors (Lipinski definition) is 2. The number of aryl methyl sites for hydroxylation is 1. The van der Waals surface area contributed by atoms with E-state index in [0.717, 1.165) is 10.9 Å². The van der Waals surface area contributed by atoms with Gasteiger partial charge in [0.2, 0.25) is 0 Å². The third-order valence-electron chi connectivity index (χ3n) is 4.38. The maximum Gasteiger partial charge on any atom is 0.305 e. The van der Waals surface area contributed by atoms with Gasteiger partial charge in [0.1, 0.15) is 11.5 Å². The van der Waals surface area contributed by atoms with E-state index in [1.165, 1.54) is 12.1 Å². The number of carboxylic acid groups (broad SMARTS) is 1. The smallest absolute Gasteiger partial charge is 0.305 e. The predicted molar refractivity (Wildman–Crippen MR) is 86.0 cm³/mol. The molecular weight excluding hydrogens is 299 g/mol. The number of benzene rings is 1. The molecule has 0 saturated carbocycles. The second kappa shape index (κ2) is 6.40. The molecule has 1 heterocycles. The highest BCUT2D eigenvalue weighted by Crippen LogP contribution is 2.24. The first kappa shape index (κ1) is 17.0. The zero-order valence-electron chi connectivity index (χ0n) is 13.5. The molecule has 5 nitrogen and oxygen atoms in total. The zero-order chi connectivity index (χ0) is 17.2. The van der Waals surface area contributed by atoms with Crippen LogP contribution in [0.25, 0.3) is 10.9 Å². The largest absolute Gasteiger partial charge is 0.481 e. The Kier molecular flexibility index (Phi) is 4.73. The van der Waals surface area contributed by atoms with E-state index in [1.807, 2.05) is 13.8 Å². The highest BCUT2D eigenvalue weighted by atomic mass is 19.1. The molecule has 1 amide bonds. The molecule has 0 bridgehead atoms. The van der Waals surface area contributed by atoms with Gasteiger partial charge in [-0.2, -0.15) is 0 Å². The van der Waals surface area contributed by atoms with Crippen molar-refractivity contribution in [1.82, 2.24) is 10.3 Å². The molecule has 0 fully saturated rings. The van der Waals surface area contributed by atoms with E-state index in [2.05, 4.69) is 10.3 Å². The van der Waals surface area contributed by atoms with Gasteiger partial charge in [0, 0.05) is 10.9 Å². The van der Waals surface area contributed by atoms with Crippen LogP contribution in [0, 0.1) is 12.7 Å². The summed E-state index contributed by atoms with van der Waals surface area (Å²) in [4.78, 5) is 26.5.